The van der Waals surface area contributed by atoms with Gasteiger partial charge in [0.25, 0.3) is 0 Å². The van der Waals surface area contributed by atoms with Gasteiger partial charge in [-0.25, -0.2) is 0 Å². The Kier molecular flexibility index (Phi) is 3.37. The zero-order chi connectivity index (χ0) is 13.6. The Labute approximate surface area is 115 Å². The van der Waals surface area contributed by atoms with Crippen LogP contribution in [0.2, 0.25) is 5.02 Å². The summed E-state index contributed by atoms with van der Waals surface area (Å²) in [6, 6.07) is 5.83. The standard InChI is InChI=1S/C15H23ClN2/c1-14(2)13(15(14,3)4)9-18-8-10-5-6-11(16)12(17)7-10/h5-7,13,18H,8-9,17H2,1-4H3. The monoisotopic (exact) mass is 266 g/mol. The summed E-state index contributed by atoms with van der Waals surface area (Å²) in [4.78, 5) is 0. The van der Waals surface area contributed by atoms with Crippen molar-refractivity contribution in [3.8, 4) is 0 Å². The molecular weight excluding hydrogens is 244 g/mol. The van der Waals surface area contributed by atoms with E-state index in [-0.39, 0.29) is 0 Å². The van der Waals surface area contributed by atoms with Crippen molar-refractivity contribution in [2.75, 3.05) is 12.3 Å². The second-order valence-corrected chi connectivity index (χ2v) is 6.89. The molecule has 1 aromatic rings. The lowest BCUT2D eigenvalue weighted by Gasteiger charge is -2.07. The molecule has 2 rings (SSSR count). The Morgan fingerprint density at radius 1 is 1.22 bits per heavy atom. The van der Waals surface area contributed by atoms with Gasteiger partial charge in [0.1, 0.15) is 0 Å². The average Bonchev–Trinajstić information content (AvgIpc) is 2.65. The van der Waals surface area contributed by atoms with E-state index in [4.69, 9.17) is 17.3 Å². The maximum Gasteiger partial charge on any atom is 0.0635 e. The van der Waals surface area contributed by atoms with Crippen LogP contribution in [0, 0.1) is 16.7 Å². The number of nitrogens with one attached hydrogen (secondary N) is 1. The maximum absolute atomic E-state index is 5.90. The Balaban J connectivity index is 1.85. The van der Waals surface area contributed by atoms with Crippen molar-refractivity contribution in [1.29, 1.82) is 0 Å². The highest BCUT2D eigenvalue weighted by atomic mass is 35.5. The third kappa shape index (κ3) is 2.24. The van der Waals surface area contributed by atoms with Crippen LogP contribution in [-0.4, -0.2) is 6.54 Å². The van der Waals surface area contributed by atoms with Crippen molar-refractivity contribution in [3.63, 3.8) is 0 Å². The molecular formula is C15H23ClN2. The lowest BCUT2D eigenvalue weighted by atomic mass is 10.0. The smallest absolute Gasteiger partial charge is 0.0635 e. The number of benzene rings is 1. The molecule has 1 fully saturated rings. The van der Waals surface area contributed by atoms with Gasteiger partial charge in [0.05, 0.1) is 10.7 Å². The van der Waals surface area contributed by atoms with E-state index < -0.39 is 0 Å². The van der Waals surface area contributed by atoms with E-state index in [2.05, 4.69) is 33.0 Å². The fraction of sp³-hybridized carbons (Fsp3) is 0.600. The van der Waals surface area contributed by atoms with E-state index in [1.807, 2.05) is 18.2 Å². The number of hydrogen-bond donors (Lipinski definition) is 2. The molecule has 2 nitrogen and oxygen atoms in total. The van der Waals surface area contributed by atoms with Gasteiger partial charge in [-0.3, -0.25) is 0 Å². The topological polar surface area (TPSA) is 38.0 Å². The molecule has 0 aliphatic heterocycles. The first kappa shape index (κ1) is 13.7. The largest absolute Gasteiger partial charge is 0.398 e. The van der Waals surface area contributed by atoms with Gasteiger partial charge in [-0.05, 0) is 41.0 Å². The predicted octanol–water partition coefficient (Wildman–Crippen LogP) is 3.69. The van der Waals surface area contributed by atoms with E-state index in [1.165, 1.54) is 5.56 Å². The van der Waals surface area contributed by atoms with Gasteiger partial charge in [-0.15, -0.1) is 0 Å². The quantitative estimate of drug-likeness (QED) is 0.816. The molecule has 0 heterocycles. The van der Waals surface area contributed by atoms with Crippen LogP contribution < -0.4 is 11.1 Å². The first-order valence-electron chi connectivity index (χ1n) is 6.51. The first-order valence-corrected chi connectivity index (χ1v) is 6.89. The van der Waals surface area contributed by atoms with E-state index >= 15 is 0 Å². The zero-order valence-electron chi connectivity index (χ0n) is 11.7. The molecule has 0 spiro atoms. The van der Waals surface area contributed by atoms with Crippen LogP contribution in [0.3, 0.4) is 0 Å². The summed E-state index contributed by atoms with van der Waals surface area (Å²) >= 11 is 5.90. The van der Waals surface area contributed by atoms with Gasteiger partial charge in [0, 0.05) is 6.54 Å². The molecule has 100 valence electrons. The Morgan fingerprint density at radius 2 is 1.83 bits per heavy atom. The van der Waals surface area contributed by atoms with Crippen LogP contribution in [0.25, 0.3) is 0 Å². The summed E-state index contributed by atoms with van der Waals surface area (Å²) in [6.07, 6.45) is 0. The number of nitrogen functional groups attached to an aromatic ring is 1. The number of anilines is 1. The second kappa shape index (κ2) is 4.43. The van der Waals surface area contributed by atoms with Crippen molar-refractivity contribution in [3.05, 3.63) is 28.8 Å². The number of halogens is 1. The van der Waals surface area contributed by atoms with E-state index in [0.29, 0.717) is 21.5 Å². The molecule has 18 heavy (non-hydrogen) atoms. The molecule has 3 heteroatoms. The lowest BCUT2D eigenvalue weighted by molar-refractivity contribution is 0.457. The van der Waals surface area contributed by atoms with Crippen LogP contribution >= 0.6 is 11.6 Å². The number of rotatable bonds is 4. The molecule has 0 aromatic heterocycles. The minimum atomic E-state index is 0.443. The Bertz CT molecular complexity index is 438. The number of hydrogen-bond acceptors (Lipinski definition) is 2. The summed E-state index contributed by atoms with van der Waals surface area (Å²) in [5.41, 5.74) is 8.52. The molecule has 1 aliphatic carbocycles. The molecule has 0 bridgehead atoms. The highest BCUT2D eigenvalue weighted by molar-refractivity contribution is 6.33. The lowest BCUT2D eigenvalue weighted by Crippen LogP contribution is -2.18. The van der Waals surface area contributed by atoms with Crippen LogP contribution in [0.5, 0.6) is 0 Å². The fourth-order valence-electron chi connectivity index (χ4n) is 2.91. The minimum absolute atomic E-state index is 0.443. The van der Waals surface area contributed by atoms with Crippen LogP contribution in [0.1, 0.15) is 33.3 Å². The second-order valence-electron chi connectivity index (χ2n) is 6.48. The van der Waals surface area contributed by atoms with E-state index in [1.54, 1.807) is 0 Å². The molecule has 0 atom stereocenters. The Morgan fingerprint density at radius 3 is 2.33 bits per heavy atom. The fourth-order valence-corrected chi connectivity index (χ4v) is 3.03. The summed E-state index contributed by atoms with van der Waals surface area (Å²) in [5.74, 6) is 0.745. The van der Waals surface area contributed by atoms with Crippen LogP contribution in [-0.2, 0) is 6.54 Å². The zero-order valence-corrected chi connectivity index (χ0v) is 12.4. The molecule has 3 N–H and O–H groups in total. The molecule has 0 amide bonds. The molecule has 1 aliphatic rings. The molecule has 1 aromatic carbocycles. The normalized spacial score (nSPS) is 20.9. The van der Waals surface area contributed by atoms with Gasteiger partial charge in [-0.1, -0.05) is 45.4 Å². The van der Waals surface area contributed by atoms with Crippen molar-refractivity contribution >= 4 is 17.3 Å². The van der Waals surface area contributed by atoms with Gasteiger partial charge in [0.2, 0.25) is 0 Å². The summed E-state index contributed by atoms with van der Waals surface area (Å²) in [6.45, 7) is 11.3. The van der Waals surface area contributed by atoms with Crippen LogP contribution in [0.15, 0.2) is 18.2 Å². The number of nitrogens with two attached hydrogens (primary N) is 1. The summed E-state index contributed by atoms with van der Waals surface area (Å²) in [5, 5.41) is 4.15. The molecule has 1 saturated carbocycles. The highest BCUT2D eigenvalue weighted by Crippen LogP contribution is 2.67. The average molecular weight is 267 g/mol. The Hall–Kier alpha value is -0.730. The highest BCUT2D eigenvalue weighted by Gasteiger charge is 2.63. The van der Waals surface area contributed by atoms with E-state index in [0.717, 1.165) is 19.0 Å². The van der Waals surface area contributed by atoms with Crippen molar-refractivity contribution < 1.29 is 0 Å². The SMILES string of the molecule is CC1(C)C(CNCc2ccc(Cl)c(N)c2)C1(C)C. The summed E-state index contributed by atoms with van der Waals surface area (Å²) < 4.78 is 0. The van der Waals surface area contributed by atoms with Gasteiger partial charge in [-0.2, -0.15) is 0 Å². The minimum Gasteiger partial charge on any atom is -0.398 e. The molecule has 0 saturated heterocycles. The van der Waals surface area contributed by atoms with Crippen molar-refractivity contribution in [2.24, 2.45) is 16.7 Å². The van der Waals surface area contributed by atoms with Crippen LogP contribution in [0.4, 0.5) is 5.69 Å². The van der Waals surface area contributed by atoms with Crippen molar-refractivity contribution in [2.45, 2.75) is 34.2 Å². The predicted molar refractivity (Wildman–Crippen MR) is 78.6 cm³/mol. The first-order chi connectivity index (χ1) is 8.26. The third-order valence-electron chi connectivity index (χ3n) is 5.06. The van der Waals surface area contributed by atoms with E-state index in [9.17, 15) is 0 Å². The third-order valence-corrected chi connectivity index (χ3v) is 5.40. The van der Waals surface area contributed by atoms with Crippen molar-refractivity contribution in [1.82, 2.24) is 5.32 Å². The van der Waals surface area contributed by atoms with Gasteiger partial charge >= 0.3 is 0 Å². The molecule has 0 unspecified atom stereocenters. The maximum atomic E-state index is 5.90. The molecule has 0 radical (unpaired) electrons. The van der Waals surface area contributed by atoms with Gasteiger partial charge < -0.3 is 11.1 Å². The van der Waals surface area contributed by atoms with Gasteiger partial charge in [0.15, 0.2) is 0 Å². The summed E-state index contributed by atoms with van der Waals surface area (Å²) in [7, 11) is 0.